The summed E-state index contributed by atoms with van der Waals surface area (Å²) in [5.41, 5.74) is 5.98. The Balaban J connectivity index is 2.70. The van der Waals surface area contributed by atoms with Gasteiger partial charge in [0.05, 0.1) is 5.56 Å². The first-order valence-electron chi connectivity index (χ1n) is 3.65. The molecule has 0 unspecified atom stereocenters. The monoisotopic (exact) mass is 177 g/mol. The van der Waals surface area contributed by atoms with Crippen LogP contribution in [0, 0.1) is 0 Å². The number of primary amides is 1. The van der Waals surface area contributed by atoms with Gasteiger partial charge in [-0.15, -0.1) is 0 Å². The van der Waals surface area contributed by atoms with Crippen LogP contribution in [0.5, 0.6) is 0 Å². The number of nitrogens with two attached hydrogens (primary N) is 1. The normalized spacial score (nSPS) is 10.5. The quantitative estimate of drug-likeness (QED) is 0.615. The number of carbonyl (C=O) groups is 1. The molecule has 2 heterocycles. The number of carbonyl (C=O) groups excluding carboxylic acids is 1. The lowest BCUT2D eigenvalue weighted by Gasteiger charge is -2.03. The Labute approximate surface area is 73.7 Å². The van der Waals surface area contributed by atoms with E-state index in [4.69, 9.17) is 5.73 Å². The lowest BCUT2D eigenvalue weighted by Crippen LogP contribution is -2.11. The Morgan fingerprint density at radius 2 is 2.38 bits per heavy atom. The third-order valence-electron chi connectivity index (χ3n) is 1.82. The van der Waals surface area contributed by atoms with Crippen molar-refractivity contribution in [3.8, 4) is 11.4 Å². The summed E-state index contributed by atoms with van der Waals surface area (Å²) < 4.78 is 0.849. The fourth-order valence-corrected chi connectivity index (χ4v) is 1.22. The summed E-state index contributed by atoms with van der Waals surface area (Å²) in [6.07, 6.45) is 2.78. The minimum atomic E-state index is -0.547. The van der Waals surface area contributed by atoms with Crippen molar-refractivity contribution in [2.45, 2.75) is 0 Å². The predicted molar refractivity (Wildman–Crippen MR) is 44.6 cm³/mol. The Hall–Kier alpha value is -2.04. The predicted octanol–water partition coefficient (Wildman–Crippen LogP) is 0.324. The third kappa shape index (κ3) is 1.01. The standard InChI is InChI=1S/C8H7N3O2/c9-7(12)6-4-10-8-5(6)2-1-3-11(8)13/h1-4,13H,(H2,9,12). The third-order valence-corrected chi connectivity index (χ3v) is 1.82. The molecule has 0 aromatic heterocycles. The first-order chi connectivity index (χ1) is 6.20. The van der Waals surface area contributed by atoms with Crippen LogP contribution in [0.1, 0.15) is 10.4 Å². The number of nitrogens with zero attached hydrogens (tertiary/aromatic N) is 2. The molecule has 0 spiro atoms. The van der Waals surface area contributed by atoms with Crippen molar-refractivity contribution in [1.29, 1.82) is 0 Å². The minimum Gasteiger partial charge on any atom is -0.427 e. The van der Waals surface area contributed by atoms with E-state index in [2.05, 4.69) is 4.98 Å². The Kier molecular flexibility index (Phi) is 1.45. The summed E-state index contributed by atoms with van der Waals surface area (Å²) in [5, 5.41) is 9.27. The Bertz CT molecular complexity index is 435. The SMILES string of the molecule is NC(=O)c1cnc2n(O)cccc1-2. The molecule has 2 aliphatic rings. The van der Waals surface area contributed by atoms with Crippen LogP contribution in [-0.4, -0.2) is 20.8 Å². The molecule has 1 amide bonds. The Morgan fingerprint density at radius 3 is 3.08 bits per heavy atom. The second kappa shape index (κ2) is 2.48. The van der Waals surface area contributed by atoms with Crippen LogP contribution in [0.15, 0.2) is 24.5 Å². The maximum atomic E-state index is 10.9. The fourth-order valence-electron chi connectivity index (χ4n) is 1.22. The van der Waals surface area contributed by atoms with E-state index >= 15 is 0 Å². The summed E-state index contributed by atoms with van der Waals surface area (Å²) in [4.78, 5) is 14.7. The minimum absolute atomic E-state index is 0.318. The van der Waals surface area contributed by atoms with Crippen LogP contribution >= 0.6 is 0 Å². The molecule has 3 N–H and O–H groups in total. The van der Waals surface area contributed by atoms with Crippen molar-refractivity contribution in [3.05, 3.63) is 30.1 Å². The molecule has 5 heteroatoms. The molecule has 66 valence electrons. The summed E-state index contributed by atoms with van der Waals surface area (Å²) in [6.45, 7) is 0. The molecule has 0 saturated heterocycles. The van der Waals surface area contributed by atoms with Crippen molar-refractivity contribution in [1.82, 2.24) is 9.71 Å². The molecule has 0 aromatic rings. The number of pyridine rings is 1. The molecule has 0 atom stereocenters. The van der Waals surface area contributed by atoms with Gasteiger partial charge in [0.1, 0.15) is 0 Å². The van der Waals surface area contributed by atoms with Gasteiger partial charge in [0.15, 0.2) is 5.82 Å². The number of amides is 1. The zero-order valence-corrected chi connectivity index (χ0v) is 6.64. The molecule has 0 aliphatic carbocycles. The van der Waals surface area contributed by atoms with Crippen LogP contribution in [0.3, 0.4) is 0 Å². The van der Waals surface area contributed by atoms with Gasteiger partial charge in [-0.05, 0) is 12.1 Å². The van der Waals surface area contributed by atoms with Crippen LogP contribution < -0.4 is 5.73 Å². The van der Waals surface area contributed by atoms with Crippen LogP contribution in [-0.2, 0) is 0 Å². The topological polar surface area (TPSA) is 81.1 Å². The van der Waals surface area contributed by atoms with E-state index in [0.717, 1.165) is 4.73 Å². The highest BCUT2D eigenvalue weighted by Gasteiger charge is 2.16. The van der Waals surface area contributed by atoms with E-state index in [9.17, 15) is 10.0 Å². The number of aromatic nitrogens is 2. The number of hydrogen-bond acceptors (Lipinski definition) is 3. The maximum absolute atomic E-state index is 10.9. The van der Waals surface area contributed by atoms with E-state index in [1.807, 2.05) is 0 Å². The van der Waals surface area contributed by atoms with Gasteiger partial charge >= 0.3 is 0 Å². The van der Waals surface area contributed by atoms with Crippen molar-refractivity contribution < 1.29 is 10.0 Å². The molecule has 2 rings (SSSR count). The first-order valence-corrected chi connectivity index (χ1v) is 3.65. The molecule has 0 radical (unpaired) electrons. The molecule has 2 aliphatic heterocycles. The number of fused-ring (bicyclic) bond motifs is 1. The molecule has 0 bridgehead atoms. The second-order valence-electron chi connectivity index (χ2n) is 2.63. The fraction of sp³-hybridized carbons (Fsp3) is 0. The molecular formula is C8H7N3O2. The zero-order chi connectivity index (χ0) is 9.42. The van der Waals surface area contributed by atoms with Crippen molar-refractivity contribution in [3.63, 3.8) is 0 Å². The molecule has 0 aromatic carbocycles. The number of hydrogen-bond donors (Lipinski definition) is 2. The molecular weight excluding hydrogens is 170 g/mol. The Morgan fingerprint density at radius 1 is 1.62 bits per heavy atom. The van der Waals surface area contributed by atoms with Gasteiger partial charge in [-0.1, -0.05) is 0 Å². The van der Waals surface area contributed by atoms with E-state index in [1.54, 1.807) is 12.1 Å². The van der Waals surface area contributed by atoms with Gasteiger partial charge in [-0.3, -0.25) is 4.79 Å². The lowest BCUT2D eigenvalue weighted by molar-refractivity contribution is 0.100. The summed E-state index contributed by atoms with van der Waals surface area (Å²) in [6, 6.07) is 3.28. The highest BCUT2D eigenvalue weighted by Crippen LogP contribution is 2.23. The average Bonchev–Trinajstić information content (AvgIpc) is 2.48. The average molecular weight is 177 g/mol. The van der Waals surface area contributed by atoms with Crippen molar-refractivity contribution in [2.24, 2.45) is 5.73 Å². The van der Waals surface area contributed by atoms with E-state index in [1.165, 1.54) is 12.4 Å². The summed E-state index contributed by atoms with van der Waals surface area (Å²) in [5.74, 6) is -0.218. The van der Waals surface area contributed by atoms with E-state index in [0.29, 0.717) is 17.0 Å². The maximum Gasteiger partial charge on any atom is 0.251 e. The van der Waals surface area contributed by atoms with Crippen LogP contribution in [0.2, 0.25) is 0 Å². The smallest absolute Gasteiger partial charge is 0.251 e. The largest absolute Gasteiger partial charge is 0.427 e. The van der Waals surface area contributed by atoms with Crippen LogP contribution in [0.4, 0.5) is 0 Å². The highest BCUT2D eigenvalue weighted by molar-refractivity contribution is 5.99. The number of rotatable bonds is 1. The molecule has 0 fully saturated rings. The highest BCUT2D eigenvalue weighted by atomic mass is 16.5. The zero-order valence-electron chi connectivity index (χ0n) is 6.64. The van der Waals surface area contributed by atoms with Gasteiger partial charge in [-0.2, -0.15) is 4.73 Å². The van der Waals surface area contributed by atoms with E-state index < -0.39 is 5.91 Å². The summed E-state index contributed by atoms with van der Waals surface area (Å²) >= 11 is 0. The molecule has 13 heavy (non-hydrogen) atoms. The molecule has 5 nitrogen and oxygen atoms in total. The van der Waals surface area contributed by atoms with Gasteiger partial charge in [-0.25, -0.2) is 4.98 Å². The molecule has 0 saturated carbocycles. The van der Waals surface area contributed by atoms with Gasteiger partial charge in [0.2, 0.25) is 0 Å². The van der Waals surface area contributed by atoms with Gasteiger partial charge in [0, 0.05) is 18.0 Å². The van der Waals surface area contributed by atoms with Crippen LogP contribution in [0.25, 0.3) is 11.4 Å². The second-order valence-corrected chi connectivity index (χ2v) is 2.63. The van der Waals surface area contributed by atoms with Gasteiger partial charge < -0.3 is 10.9 Å². The first kappa shape index (κ1) is 7.60. The van der Waals surface area contributed by atoms with Crippen molar-refractivity contribution >= 4 is 5.91 Å². The van der Waals surface area contributed by atoms with Crippen molar-refractivity contribution in [2.75, 3.05) is 0 Å². The van der Waals surface area contributed by atoms with E-state index in [-0.39, 0.29) is 0 Å². The summed E-state index contributed by atoms with van der Waals surface area (Å²) in [7, 11) is 0. The lowest BCUT2D eigenvalue weighted by atomic mass is 10.1. The van der Waals surface area contributed by atoms with Gasteiger partial charge in [0.25, 0.3) is 5.91 Å².